The molecule has 0 bridgehead atoms. The number of carbonyl (C=O) groups excluding carboxylic acids is 3. The topological polar surface area (TPSA) is 182 Å². The number of aliphatic hydroxyl groups is 1. The number of aliphatic carboxylic acids is 1. The predicted octanol–water partition coefficient (Wildman–Crippen LogP) is -0.656. The number of nitrogens with zero attached hydrogens (tertiary/aromatic N) is 1. The van der Waals surface area contributed by atoms with Crippen LogP contribution in [0.5, 0.6) is 5.75 Å². The lowest BCUT2D eigenvalue weighted by atomic mass is 10.0. The molecule has 188 valence electrons. The molecule has 1 saturated heterocycles. The maximum absolute atomic E-state index is 13.0. The quantitative estimate of drug-likeness (QED) is 0.256. The number of likely N-dealkylation sites (tertiary alicyclic amines) is 1. The highest BCUT2D eigenvalue weighted by Gasteiger charge is 2.38. The number of aliphatic hydroxyl groups excluding tert-OH is 1. The molecule has 11 heteroatoms. The lowest BCUT2D eigenvalue weighted by Gasteiger charge is -2.30. The van der Waals surface area contributed by atoms with Gasteiger partial charge in [-0.2, -0.15) is 0 Å². The molecule has 1 aromatic carbocycles. The van der Waals surface area contributed by atoms with Gasteiger partial charge in [-0.15, -0.1) is 0 Å². The van der Waals surface area contributed by atoms with E-state index in [1.54, 1.807) is 26.0 Å². The van der Waals surface area contributed by atoms with Gasteiger partial charge in [0.1, 0.15) is 17.8 Å². The van der Waals surface area contributed by atoms with E-state index in [0.717, 1.165) is 5.56 Å². The SMILES string of the molecule is CC(C)C(NC(=O)C1CCCN1C(=O)C(N)Cc1ccc(O)cc1)C(=O)NC(C(=O)O)C(C)O. The third-order valence-electron chi connectivity index (χ3n) is 5.84. The number of nitrogens with two attached hydrogens (primary N) is 1. The van der Waals surface area contributed by atoms with Crippen LogP contribution in [0.1, 0.15) is 39.2 Å². The Morgan fingerprint density at radius 2 is 1.71 bits per heavy atom. The zero-order valence-corrected chi connectivity index (χ0v) is 19.6. The normalized spacial score (nSPS) is 19.2. The van der Waals surface area contributed by atoms with E-state index in [0.29, 0.717) is 19.4 Å². The van der Waals surface area contributed by atoms with Crippen molar-refractivity contribution in [3.8, 4) is 5.75 Å². The molecular weight excluding hydrogens is 444 g/mol. The van der Waals surface area contributed by atoms with Crippen molar-refractivity contribution in [1.29, 1.82) is 0 Å². The molecule has 34 heavy (non-hydrogen) atoms. The monoisotopic (exact) mass is 478 g/mol. The largest absolute Gasteiger partial charge is 0.508 e. The third-order valence-corrected chi connectivity index (χ3v) is 5.84. The summed E-state index contributed by atoms with van der Waals surface area (Å²) in [5.74, 6) is -3.33. The van der Waals surface area contributed by atoms with Gasteiger partial charge in [0.15, 0.2) is 6.04 Å². The summed E-state index contributed by atoms with van der Waals surface area (Å²) >= 11 is 0. The van der Waals surface area contributed by atoms with Crippen molar-refractivity contribution in [3.05, 3.63) is 29.8 Å². The Balaban J connectivity index is 2.06. The number of hydrogen-bond acceptors (Lipinski definition) is 7. The van der Waals surface area contributed by atoms with E-state index in [1.807, 2.05) is 0 Å². The smallest absolute Gasteiger partial charge is 0.328 e. The molecule has 1 aromatic rings. The number of rotatable bonds is 10. The van der Waals surface area contributed by atoms with Crippen LogP contribution in [-0.4, -0.2) is 80.7 Å². The van der Waals surface area contributed by atoms with Crippen LogP contribution in [0.3, 0.4) is 0 Å². The van der Waals surface area contributed by atoms with Crippen LogP contribution < -0.4 is 16.4 Å². The second-order valence-electron chi connectivity index (χ2n) is 8.96. The number of aromatic hydroxyl groups is 1. The molecule has 0 spiro atoms. The molecular formula is C23H34N4O7. The first-order valence-corrected chi connectivity index (χ1v) is 11.3. The highest BCUT2D eigenvalue weighted by molar-refractivity contribution is 5.94. The Hall–Kier alpha value is -3.18. The first-order valence-electron chi connectivity index (χ1n) is 11.3. The van der Waals surface area contributed by atoms with E-state index in [4.69, 9.17) is 5.73 Å². The Morgan fingerprint density at radius 3 is 2.24 bits per heavy atom. The van der Waals surface area contributed by atoms with Crippen LogP contribution >= 0.6 is 0 Å². The lowest BCUT2D eigenvalue weighted by molar-refractivity contribution is -0.146. The average Bonchev–Trinajstić information content (AvgIpc) is 3.25. The van der Waals surface area contributed by atoms with Gasteiger partial charge in [-0.25, -0.2) is 4.79 Å². The first-order chi connectivity index (χ1) is 15.9. The van der Waals surface area contributed by atoms with Crippen LogP contribution in [-0.2, 0) is 25.6 Å². The van der Waals surface area contributed by atoms with Crippen molar-refractivity contribution in [2.24, 2.45) is 11.7 Å². The van der Waals surface area contributed by atoms with Gasteiger partial charge in [0.25, 0.3) is 0 Å². The number of carboxylic acids is 1. The van der Waals surface area contributed by atoms with Crippen molar-refractivity contribution >= 4 is 23.7 Å². The summed E-state index contributed by atoms with van der Waals surface area (Å²) in [6, 6.07) is 2.07. The van der Waals surface area contributed by atoms with Gasteiger partial charge in [0.05, 0.1) is 12.1 Å². The van der Waals surface area contributed by atoms with E-state index >= 15 is 0 Å². The lowest BCUT2D eigenvalue weighted by Crippen LogP contribution is -2.59. The molecule has 0 aromatic heterocycles. The minimum atomic E-state index is -1.52. The summed E-state index contributed by atoms with van der Waals surface area (Å²) in [6.07, 6.45) is -0.0988. The van der Waals surface area contributed by atoms with Crippen molar-refractivity contribution in [2.75, 3.05) is 6.54 Å². The van der Waals surface area contributed by atoms with Crippen molar-refractivity contribution in [1.82, 2.24) is 15.5 Å². The second kappa shape index (κ2) is 11.8. The van der Waals surface area contributed by atoms with E-state index in [-0.39, 0.29) is 18.1 Å². The van der Waals surface area contributed by atoms with Gasteiger partial charge in [0.2, 0.25) is 17.7 Å². The second-order valence-corrected chi connectivity index (χ2v) is 8.96. The predicted molar refractivity (Wildman–Crippen MR) is 123 cm³/mol. The summed E-state index contributed by atoms with van der Waals surface area (Å²) in [7, 11) is 0. The number of phenols is 1. The Labute approximate surface area is 198 Å². The van der Waals surface area contributed by atoms with Gasteiger partial charge in [-0.3, -0.25) is 14.4 Å². The summed E-state index contributed by atoms with van der Waals surface area (Å²) < 4.78 is 0. The molecule has 11 nitrogen and oxygen atoms in total. The average molecular weight is 479 g/mol. The Bertz CT molecular complexity index is 888. The zero-order valence-electron chi connectivity index (χ0n) is 19.6. The van der Waals surface area contributed by atoms with Gasteiger partial charge in [-0.05, 0) is 49.8 Å². The highest BCUT2D eigenvalue weighted by atomic mass is 16.4. The third kappa shape index (κ3) is 6.91. The fourth-order valence-electron chi connectivity index (χ4n) is 3.91. The molecule has 3 amide bonds. The molecule has 1 fully saturated rings. The Morgan fingerprint density at radius 1 is 1.09 bits per heavy atom. The maximum Gasteiger partial charge on any atom is 0.328 e. The van der Waals surface area contributed by atoms with Crippen LogP contribution in [0, 0.1) is 5.92 Å². The van der Waals surface area contributed by atoms with Crippen LogP contribution in [0.4, 0.5) is 0 Å². The van der Waals surface area contributed by atoms with Crippen molar-refractivity contribution in [2.45, 2.75) is 70.3 Å². The first kappa shape index (κ1) is 27.1. The molecule has 7 N–H and O–H groups in total. The van der Waals surface area contributed by atoms with Crippen LogP contribution in [0.15, 0.2) is 24.3 Å². The standard InChI is InChI=1S/C23H34N4O7/c1-12(2)18(21(31)26-19(13(3)28)23(33)34)25-20(30)17-5-4-10-27(17)22(32)16(24)11-14-6-8-15(29)9-7-14/h6-9,12-13,16-19,28-29H,4-5,10-11,24H2,1-3H3,(H,25,30)(H,26,31)(H,33,34). The van der Waals surface area contributed by atoms with E-state index in [1.165, 1.54) is 24.0 Å². The minimum Gasteiger partial charge on any atom is -0.508 e. The number of amides is 3. The molecule has 1 aliphatic heterocycles. The molecule has 1 heterocycles. The van der Waals surface area contributed by atoms with Crippen LogP contribution in [0.25, 0.3) is 0 Å². The summed E-state index contributed by atoms with van der Waals surface area (Å²) in [6.45, 7) is 4.97. The van der Waals surface area contributed by atoms with Crippen LogP contribution in [0.2, 0.25) is 0 Å². The highest BCUT2D eigenvalue weighted by Crippen LogP contribution is 2.20. The van der Waals surface area contributed by atoms with E-state index in [9.17, 15) is 34.5 Å². The number of carbonyl (C=O) groups is 4. The minimum absolute atomic E-state index is 0.104. The maximum atomic E-state index is 13.0. The molecule has 5 unspecified atom stereocenters. The molecule has 0 radical (unpaired) electrons. The van der Waals surface area contributed by atoms with Crippen molar-refractivity contribution in [3.63, 3.8) is 0 Å². The Kier molecular flexibility index (Phi) is 9.39. The fourth-order valence-corrected chi connectivity index (χ4v) is 3.91. The summed E-state index contributed by atoms with van der Waals surface area (Å²) in [4.78, 5) is 51.4. The van der Waals surface area contributed by atoms with Gasteiger partial charge < -0.3 is 36.6 Å². The van der Waals surface area contributed by atoms with Gasteiger partial charge in [-0.1, -0.05) is 26.0 Å². The number of carboxylic acid groups (broad SMARTS) is 1. The van der Waals surface area contributed by atoms with Crippen molar-refractivity contribution < 1.29 is 34.5 Å². The molecule has 0 saturated carbocycles. The zero-order chi connectivity index (χ0) is 25.6. The molecule has 2 rings (SSSR count). The molecule has 5 atom stereocenters. The summed E-state index contributed by atoms with van der Waals surface area (Å²) in [5.41, 5.74) is 6.88. The van der Waals surface area contributed by atoms with E-state index in [2.05, 4.69) is 10.6 Å². The van der Waals surface area contributed by atoms with Gasteiger partial charge in [0, 0.05) is 6.54 Å². The van der Waals surface area contributed by atoms with E-state index < -0.39 is 54.0 Å². The number of hydrogen-bond donors (Lipinski definition) is 6. The fraction of sp³-hybridized carbons (Fsp3) is 0.565. The number of phenolic OH excluding ortho intramolecular Hbond substituents is 1. The molecule has 0 aliphatic carbocycles. The molecule has 1 aliphatic rings. The van der Waals surface area contributed by atoms with Gasteiger partial charge >= 0.3 is 5.97 Å². The summed E-state index contributed by atoms with van der Waals surface area (Å²) in [5, 5.41) is 33.1. The number of nitrogens with one attached hydrogen (secondary N) is 2. The number of benzene rings is 1.